The average Bonchev–Trinajstić information content (AvgIpc) is 3.02. The van der Waals surface area contributed by atoms with E-state index in [4.69, 9.17) is 22.1 Å². The highest BCUT2D eigenvalue weighted by molar-refractivity contribution is 6.30. The molecule has 3 amide bonds. The van der Waals surface area contributed by atoms with Gasteiger partial charge in [-0.1, -0.05) is 31.0 Å². The first-order valence-electron chi connectivity index (χ1n) is 11.7. The van der Waals surface area contributed by atoms with Crippen molar-refractivity contribution in [2.75, 3.05) is 25.9 Å². The number of anilines is 1. The van der Waals surface area contributed by atoms with Gasteiger partial charge < -0.3 is 20.9 Å². The fourth-order valence-corrected chi connectivity index (χ4v) is 4.39. The number of imide groups is 1. The lowest BCUT2D eigenvalue weighted by molar-refractivity contribution is -0.131. The highest BCUT2D eigenvalue weighted by Gasteiger charge is 2.34. The number of nitrogens with one attached hydrogen (secondary N) is 2. The zero-order valence-corrected chi connectivity index (χ0v) is 21.3. The molecule has 0 spiro atoms. The zero-order valence-electron chi connectivity index (χ0n) is 20.5. The van der Waals surface area contributed by atoms with E-state index in [1.807, 2.05) is 12.4 Å². The van der Waals surface area contributed by atoms with Crippen LogP contribution in [0, 0.1) is 5.92 Å². The fraction of sp³-hybridized carbons (Fsp3) is 0.360. The molecule has 1 aliphatic heterocycles. The first-order chi connectivity index (χ1) is 17.7. The maximum Gasteiger partial charge on any atom is 0.337 e. The lowest BCUT2D eigenvalue weighted by Gasteiger charge is -2.27. The first kappa shape index (κ1) is 27.8. The number of benzene rings is 2. The molecule has 1 aliphatic rings. The molecule has 0 fully saturated rings. The van der Waals surface area contributed by atoms with E-state index in [1.165, 1.54) is 19.2 Å². The summed E-state index contributed by atoms with van der Waals surface area (Å²) in [6, 6.07) is 8.32. The van der Waals surface area contributed by atoms with Crippen LogP contribution in [-0.2, 0) is 11.2 Å². The largest absolute Gasteiger partial charge is 0.496 e. The molecule has 2 atom stereocenters. The maximum absolute atomic E-state index is 13.5. The minimum atomic E-state index is -1.15. The number of hydrogen-bond acceptors (Lipinski definition) is 8. The highest BCUT2D eigenvalue weighted by Crippen LogP contribution is 2.28. The van der Waals surface area contributed by atoms with Crippen molar-refractivity contribution < 1.29 is 29.4 Å². The monoisotopic (exact) mass is 531 g/mol. The third-order valence-electron chi connectivity index (χ3n) is 6.09. The van der Waals surface area contributed by atoms with Crippen LogP contribution >= 0.6 is 11.6 Å². The number of nitrogens with two attached hydrogens (primary N) is 1. The summed E-state index contributed by atoms with van der Waals surface area (Å²) in [5, 5.41) is 22.1. The summed E-state index contributed by atoms with van der Waals surface area (Å²) in [6.45, 7) is 1.70. The van der Waals surface area contributed by atoms with E-state index in [0.717, 1.165) is 4.90 Å². The molecule has 2 unspecified atom stereocenters. The van der Waals surface area contributed by atoms with Crippen molar-refractivity contribution in [3.63, 3.8) is 0 Å². The van der Waals surface area contributed by atoms with Crippen molar-refractivity contribution in [3.05, 3.63) is 58.1 Å². The third kappa shape index (κ3) is 6.69. The molecule has 6 N–H and O–H groups in total. The van der Waals surface area contributed by atoms with Crippen LogP contribution in [0.3, 0.4) is 0 Å². The highest BCUT2D eigenvalue weighted by atomic mass is 35.5. The SMILES string of the molecule is CCCC(NC(=O)N1CC(NO)=NCC(Cc2cc(Cl)ccc2OC)C1=O)c1ccc(C(=O)O)c(N)c1. The van der Waals surface area contributed by atoms with E-state index in [0.29, 0.717) is 34.7 Å². The van der Waals surface area contributed by atoms with Crippen LogP contribution in [0.4, 0.5) is 10.5 Å². The van der Waals surface area contributed by atoms with Gasteiger partial charge in [-0.15, -0.1) is 0 Å². The van der Waals surface area contributed by atoms with Gasteiger partial charge in [0, 0.05) is 10.7 Å². The Bertz CT molecular complexity index is 1200. The van der Waals surface area contributed by atoms with Crippen molar-refractivity contribution in [3.8, 4) is 5.75 Å². The second-order valence-electron chi connectivity index (χ2n) is 8.62. The number of methoxy groups -OCH3 is 1. The van der Waals surface area contributed by atoms with Gasteiger partial charge in [0.25, 0.3) is 0 Å². The Hall–Kier alpha value is -3.83. The number of ether oxygens (including phenoxy) is 1. The quantitative estimate of drug-likeness (QED) is 0.255. The van der Waals surface area contributed by atoms with Gasteiger partial charge in [-0.25, -0.2) is 9.59 Å². The van der Waals surface area contributed by atoms with Crippen molar-refractivity contribution in [1.29, 1.82) is 0 Å². The van der Waals surface area contributed by atoms with Crippen LogP contribution in [-0.4, -0.2) is 59.2 Å². The smallest absolute Gasteiger partial charge is 0.337 e. The van der Waals surface area contributed by atoms with Crippen LogP contribution in [0.5, 0.6) is 5.75 Å². The number of urea groups is 1. The van der Waals surface area contributed by atoms with Crippen molar-refractivity contribution in [2.24, 2.45) is 10.9 Å². The van der Waals surface area contributed by atoms with Crippen molar-refractivity contribution in [2.45, 2.75) is 32.2 Å². The molecule has 0 bridgehead atoms. The Labute approximate surface area is 219 Å². The fourth-order valence-electron chi connectivity index (χ4n) is 4.19. The number of carbonyl (C=O) groups excluding carboxylic acids is 2. The molecule has 37 heavy (non-hydrogen) atoms. The average molecular weight is 532 g/mol. The number of aromatic carboxylic acids is 1. The number of nitrogen functional groups attached to an aromatic ring is 1. The van der Waals surface area contributed by atoms with Crippen LogP contribution in [0.25, 0.3) is 0 Å². The molecule has 0 aromatic heterocycles. The summed E-state index contributed by atoms with van der Waals surface area (Å²) >= 11 is 6.14. The van der Waals surface area contributed by atoms with Gasteiger partial charge in [-0.2, -0.15) is 0 Å². The predicted octanol–water partition coefficient (Wildman–Crippen LogP) is 3.26. The Morgan fingerprint density at radius 2 is 2.05 bits per heavy atom. The van der Waals surface area contributed by atoms with Crippen LogP contribution in [0.1, 0.15) is 47.3 Å². The zero-order chi connectivity index (χ0) is 27.1. The minimum Gasteiger partial charge on any atom is -0.496 e. The number of rotatable bonds is 8. The number of carboxylic acids is 1. The van der Waals surface area contributed by atoms with E-state index < -0.39 is 29.9 Å². The molecule has 0 radical (unpaired) electrons. The number of hydrogen-bond donors (Lipinski definition) is 5. The second-order valence-corrected chi connectivity index (χ2v) is 9.06. The lowest BCUT2D eigenvalue weighted by atomic mass is 9.97. The lowest BCUT2D eigenvalue weighted by Crippen LogP contribution is -2.50. The summed E-state index contributed by atoms with van der Waals surface area (Å²) in [5.74, 6) is -1.75. The van der Waals surface area contributed by atoms with Crippen molar-refractivity contribution in [1.82, 2.24) is 15.7 Å². The normalized spacial score (nSPS) is 16.4. The topological polar surface area (TPSA) is 167 Å². The molecule has 0 saturated heterocycles. The Morgan fingerprint density at radius 1 is 1.30 bits per heavy atom. The Kier molecular flexibility index (Phi) is 9.31. The van der Waals surface area contributed by atoms with Gasteiger partial charge in [-0.05, 0) is 54.3 Å². The number of aliphatic imine (C=N–C) groups is 1. The standard InChI is InChI=1S/C25H30ClN5O6/c1-3-4-20(14-5-7-18(24(33)34)19(27)11-14)29-25(35)31-13-22(30-36)28-12-16(23(31)32)9-15-10-17(26)6-8-21(15)37-2/h5-8,10-11,16,20,36H,3-4,9,12-13,27H2,1-2H3,(H,28,30)(H,29,35)(H,33,34). The van der Waals surface area contributed by atoms with Crippen LogP contribution in [0.2, 0.25) is 5.02 Å². The van der Waals surface area contributed by atoms with E-state index in [-0.39, 0.29) is 36.6 Å². The number of amidine groups is 1. The molecular formula is C25H30ClN5O6. The molecule has 1 heterocycles. The third-order valence-corrected chi connectivity index (χ3v) is 6.33. The summed E-state index contributed by atoms with van der Waals surface area (Å²) in [4.78, 5) is 43.5. The van der Waals surface area contributed by atoms with E-state index in [2.05, 4.69) is 10.3 Å². The van der Waals surface area contributed by atoms with E-state index in [1.54, 1.807) is 24.3 Å². The molecule has 2 aromatic carbocycles. The molecule has 2 aromatic rings. The number of carbonyl (C=O) groups is 3. The summed E-state index contributed by atoms with van der Waals surface area (Å²) in [7, 11) is 1.51. The Balaban J connectivity index is 1.86. The first-order valence-corrected chi connectivity index (χ1v) is 12.1. The Morgan fingerprint density at radius 3 is 2.68 bits per heavy atom. The number of amides is 3. The molecule has 11 nitrogen and oxygen atoms in total. The predicted molar refractivity (Wildman–Crippen MR) is 138 cm³/mol. The number of carboxylic acid groups (broad SMARTS) is 1. The minimum absolute atomic E-state index is 0.0345. The number of hydroxylamine groups is 1. The number of halogens is 1. The van der Waals surface area contributed by atoms with Gasteiger partial charge in [0.1, 0.15) is 11.6 Å². The maximum atomic E-state index is 13.5. The van der Waals surface area contributed by atoms with Crippen LogP contribution < -0.4 is 21.3 Å². The molecule has 3 rings (SSSR count). The molecule has 0 aliphatic carbocycles. The molecular weight excluding hydrogens is 502 g/mol. The number of nitrogens with zero attached hydrogens (tertiary/aromatic N) is 2. The summed E-state index contributed by atoms with van der Waals surface area (Å²) in [6.07, 6.45) is 1.42. The van der Waals surface area contributed by atoms with Gasteiger partial charge >= 0.3 is 12.0 Å². The van der Waals surface area contributed by atoms with Gasteiger partial charge in [0.2, 0.25) is 5.91 Å². The molecule has 198 valence electrons. The summed E-state index contributed by atoms with van der Waals surface area (Å²) in [5.41, 5.74) is 9.18. The van der Waals surface area contributed by atoms with Gasteiger partial charge in [-0.3, -0.25) is 25.4 Å². The summed E-state index contributed by atoms with van der Waals surface area (Å²) < 4.78 is 5.39. The van der Waals surface area contributed by atoms with E-state index >= 15 is 0 Å². The molecule has 12 heteroatoms. The molecule has 0 saturated carbocycles. The van der Waals surface area contributed by atoms with Crippen molar-refractivity contribution >= 4 is 41.0 Å². The van der Waals surface area contributed by atoms with Gasteiger partial charge in [0.15, 0.2) is 0 Å². The van der Waals surface area contributed by atoms with Gasteiger partial charge in [0.05, 0.1) is 37.7 Å². The second kappa shape index (κ2) is 12.4. The van der Waals surface area contributed by atoms with E-state index in [9.17, 15) is 24.7 Å². The van der Waals surface area contributed by atoms with Crippen LogP contribution in [0.15, 0.2) is 41.4 Å².